The highest BCUT2D eigenvalue weighted by molar-refractivity contribution is 6.41. The molecule has 4 rings (SSSR count). The molecule has 1 aliphatic heterocycles. The summed E-state index contributed by atoms with van der Waals surface area (Å²) in [5.74, 6) is 1.74. The first-order valence-electron chi connectivity index (χ1n) is 8.76. The van der Waals surface area contributed by atoms with Crippen molar-refractivity contribution in [3.8, 4) is 22.8 Å². The van der Waals surface area contributed by atoms with E-state index in [1.807, 2.05) is 35.4 Å². The number of aromatic nitrogens is 3. The lowest BCUT2D eigenvalue weighted by Crippen LogP contribution is -2.17. The number of halogens is 2. The van der Waals surface area contributed by atoms with Crippen molar-refractivity contribution in [2.75, 3.05) is 25.7 Å². The van der Waals surface area contributed by atoms with Crippen molar-refractivity contribution in [2.45, 2.75) is 0 Å². The minimum absolute atomic E-state index is 0.250. The minimum Gasteiger partial charge on any atom is -0.495 e. The average Bonchev–Trinajstić information content (AvgIpc) is 3.19. The van der Waals surface area contributed by atoms with Gasteiger partial charge in [-0.1, -0.05) is 35.4 Å². The highest BCUT2D eigenvalue weighted by atomic mass is 35.5. The van der Waals surface area contributed by atoms with Gasteiger partial charge >= 0.3 is 0 Å². The first kappa shape index (κ1) is 21.5. The number of pyridine rings is 1. The van der Waals surface area contributed by atoms with Crippen molar-refractivity contribution in [3.63, 3.8) is 0 Å². The fraction of sp³-hybridized carbons (Fsp3) is 0.150. The third-order valence-corrected chi connectivity index (χ3v) is 5.07. The summed E-state index contributed by atoms with van der Waals surface area (Å²) in [6, 6.07) is 5.45. The van der Waals surface area contributed by atoms with Crippen molar-refractivity contribution < 1.29 is 14.3 Å². The number of nitrogens with two attached hydrogens (primary N) is 1. The molecule has 156 valence electrons. The molecule has 8 nitrogen and oxygen atoms in total. The number of methoxy groups -OCH3 is 2. The van der Waals surface area contributed by atoms with Crippen LogP contribution in [0.3, 0.4) is 0 Å². The Hall–Kier alpha value is -3.23. The molecule has 3 aromatic rings. The normalized spacial score (nSPS) is 12.5. The van der Waals surface area contributed by atoms with Crippen LogP contribution in [0.4, 0.5) is 5.82 Å². The number of fused-ring (bicyclic) bond motifs is 1. The van der Waals surface area contributed by atoms with E-state index < -0.39 is 0 Å². The number of H-pyrrole nitrogens is 1. The second-order valence-corrected chi connectivity index (χ2v) is 6.74. The van der Waals surface area contributed by atoms with Crippen LogP contribution in [0.5, 0.6) is 11.5 Å². The van der Waals surface area contributed by atoms with E-state index in [9.17, 15) is 0 Å². The number of carbonyl (C=O) groups excluding carboxylic acids is 1. The second kappa shape index (κ2) is 9.51. The zero-order valence-electron chi connectivity index (χ0n) is 16.2. The predicted octanol–water partition coefficient (Wildman–Crippen LogP) is 3.94. The summed E-state index contributed by atoms with van der Waals surface area (Å²) in [6.07, 6.45) is 8.25. The number of anilines is 1. The van der Waals surface area contributed by atoms with E-state index in [1.165, 1.54) is 14.2 Å². The number of rotatable bonds is 4. The Morgan fingerprint density at radius 2 is 1.83 bits per heavy atom. The number of benzene rings is 1. The fourth-order valence-corrected chi connectivity index (χ4v) is 3.68. The molecule has 1 amide bonds. The summed E-state index contributed by atoms with van der Waals surface area (Å²) >= 11 is 13.0. The van der Waals surface area contributed by atoms with E-state index in [0.717, 1.165) is 17.7 Å². The quantitative estimate of drug-likeness (QED) is 0.586. The van der Waals surface area contributed by atoms with Gasteiger partial charge in [0, 0.05) is 24.4 Å². The molecule has 3 heterocycles. The van der Waals surface area contributed by atoms with E-state index >= 15 is 0 Å². The molecule has 0 unspecified atom stereocenters. The van der Waals surface area contributed by atoms with Gasteiger partial charge in [-0.25, -0.2) is 4.98 Å². The van der Waals surface area contributed by atoms with Crippen molar-refractivity contribution >= 4 is 46.5 Å². The number of ether oxygens (including phenoxy) is 2. The third-order valence-electron chi connectivity index (χ3n) is 4.32. The highest BCUT2D eigenvalue weighted by Gasteiger charge is 2.21. The van der Waals surface area contributed by atoms with Gasteiger partial charge in [-0.2, -0.15) is 5.10 Å². The van der Waals surface area contributed by atoms with Gasteiger partial charge in [-0.3, -0.25) is 9.89 Å². The number of amides is 1. The van der Waals surface area contributed by atoms with Crippen LogP contribution in [0.1, 0.15) is 0 Å². The Kier molecular flexibility index (Phi) is 6.81. The van der Waals surface area contributed by atoms with Gasteiger partial charge in [0.1, 0.15) is 11.5 Å². The molecule has 0 saturated carbocycles. The lowest BCUT2D eigenvalue weighted by Gasteiger charge is -2.17. The van der Waals surface area contributed by atoms with Gasteiger partial charge < -0.3 is 20.1 Å². The third kappa shape index (κ3) is 4.05. The molecular formula is C20H19Cl2N5O3. The maximum absolute atomic E-state index is 8.58. The molecule has 0 atom stereocenters. The first-order chi connectivity index (χ1) is 14.5. The summed E-state index contributed by atoms with van der Waals surface area (Å²) in [4.78, 5) is 15.3. The van der Waals surface area contributed by atoms with Gasteiger partial charge in [0.2, 0.25) is 6.41 Å². The monoisotopic (exact) mass is 447 g/mol. The van der Waals surface area contributed by atoms with Crippen molar-refractivity contribution in [1.82, 2.24) is 15.2 Å². The molecule has 0 spiro atoms. The van der Waals surface area contributed by atoms with Crippen molar-refractivity contribution in [3.05, 3.63) is 52.7 Å². The molecular weight excluding hydrogens is 429 g/mol. The molecule has 0 aliphatic carbocycles. The Morgan fingerprint density at radius 3 is 2.40 bits per heavy atom. The predicted molar refractivity (Wildman–Crippen MR) is 118 cm³/mol. The van der Waals surface area contributed by atoms with Gasteiger partial charge in [-0.05, 0) is 18.2 Å². The van der Waals surface area contributed by atoms with E-state index in [0.29, 0.717) is 38.4 Å². The maximum Gasteiger partial charge on any atom is 0.204 e. The summed E-state index contributed by atoms with van der Waals surface area (Å²) < 4.78 is 10.7. The number of primary amides is 1. The Morgan fingerprint density at radius 1 is 1.17 bits per heavy atom. The largest absolute Gasteiger partial charge is 0.495 e. The first-order valence-corrected chi connectivity index (χ1v) is 9.52. The van der Waals surface area contributed by atoms with E-state index in [2.05, 4.69) is 27.0 Å². The number of nitrogens with one attached hydrogen (secondary N) is 1. The van der Waals surface area contributed by atoms with Gasteiger partial charge in [-0.15, -0.1) is 0 Å². The van der Waals surface area contributed by atoms with E-state index in [4.69, 9.17) is 37.5 Å². The maximum atomic E-state index is 8.58. The Bertz CT molecular complexity index is 1100. The lowest BCUT2D eigenvalue weighted by molar-refractivity contribution is -0.106. The highest BCUT2D eigenvalue weighted by Crippen LogP contribution is 2.45. The summed E-state index contributed by atoms with van der Waals surface area (Å²) in [5.41, 5.74) is 5.95. The molecule has 30 heavy (non-hydrogen) atoms. The van der Waals surface area contributed by atoms with Crippen LogP contribution in [-0.4, -0.2) is 42.4 Å². The number of hydrogen-bond acceptors (Lipinski definition) is 6. The Balaban J connectivity index is 0.000000806. The smallest absolute Gasteiger partial charge is 0.204 e. The number of hydrogen-bond donors (Lipinski definition) is 2. The number of allylic oxidation sites excluding steroid dienone is 2. The summed E-state index contributed by atoms with van der Waals surface area (Å²) in [5, 5.41) is 9.04. The Labute approximate surface area is 182 Å². The molecule has 0 fully saturated rings. The molecule has 0 saturated heterocycles. The zero-order chi connectivity index (χ0) is 21.7. The van der Waals surface area contributed by atoms with Crippen LogP contribution in [0.15, 0.2) is 42.6 Å². The SMILES string of the molecule is COc1cc(OC)c(Cl)c(-c2ccc3c(N4C=CC=CC4)n[nH]c3n2)c1Cl.NC=O. The number of carbonyl (C=O) groups is 1. The van der Waals surface area contributed by atoms with E-state index in [-0.39, 0.29) is 6.41 Å². The van der Waals surface area contributed by atoms with Gasteiger partial charge in [0.15, 0.2) is 11.5 Å². The van der Waals surface area contributed by atoms with Crippen LogP contribution < -0.4 is 20.1 Å². The molecule has 3 N–H and O–H groups in total. The van der Waals surface area contributed by atoms with E-state index in [1.54, 1.807) is 6.07 Å². The lowest BCUT2D eigenvalue weighted by atomic mass is 10.1. The molecule has 1 aliphatic rings. The van der Waals surface area contributed by atoms with Crippen LogP contribution in [-0.2, 0) is 4.79 Å². The van der Waals surface area contributed by atoms with Gasteiger partial charge in [0.25, 0.3) is 0 Å². The number of aromatic amines is 1. The van der Waals surface area contributed by atoms with Crippen LogP contribution in [0.2, 0.25) is 10.0 Å². The topological polar surface area (TPSA) is 106 Å². The molecule has 0 radical (unpaired) electrons. The van der Waals surface area contributed by atoms with Crippen molar-refractivity contribution in [1.29, 1.82) is 0 Å². The van der Waals surface area contributed by atoms with Crippen LogP contribution >= 0.6 is 23.2 Å². The minimum atomic E-state index is 0.250. The van der Waals surface area contributed by atoms with Crippen molar-refractivity contribution in [2.24, 2.45) is 5.73 Å². The molecule has 10 heteroatoms. The number of nitrogens with zero attached hydrogens (tertiary/aromatic N) is 3. The standard InChI is InChI=1S/C19H16Cl2N4O2.CH3NO/c1-26-13-10-14(27-2)17(21)15(16(13)20)12-7-6-11-18(22-12)23-24-19(11)25-8-4-3-5-9-25;2-1-3/h3-8,10H,9H2,1-2H3,(H,22,23,24);1H,(H2,2,3). The molecule has 2 aromatic heterocycles. The summed E-state index contributed by atoms with van der Waals surface area (Å²) in [7, 11) is 3.08. The summed E-state index contributed by atoms with van der Waals surface area (Å²) in [6.45, 7) is 0.753. The molecule has 1 aromatic carbocycles. The second-order valence-electron chi connectivity index (χ2n) is 5.98. The van der Waals surface area contributed by atoms with Gasteiger partial charge in [0.05, 0.1) is 35.3 Å². The van der Waals surface area contributed by atoms with Crippen LogP contribution in [0, 0.1) is 0 Å². The zero-order valence-corrected chi connectivity index (χ0v) is 17.7. The fourth-order valence-electron chi connectivity index (χ4n) is 2.98. The van der Waals surface area contributed by atoms with Crippen LogP contribution in [0.25, 0.3) is 22.3 Å². The average molecular weight is 448 g/mol. The molecule has 0 bridgehead atoms.